The maximum atomic E-state index is 14.0. The van der Waals surface area contributed by atoms with E-state index in [2.05, 4.69) is 4.99 Å². The molecule has 0 aliphatic carbocycles. The van der Waals surface area contributed by atoms with Crippen molar-refractivity contribution in [2.45, 2.75) is 0 Å². The quantitative estimate of drug-likeness (QED) is 0.220. The monoisotopic (exact) mass is 575 g/mol. The number of carbonyl (C=O) groups is 2. The predicted molar refractivity (Wildman–Crippen MR) is 143 cm³/mol. The van der Waals surface area contributed by atoms with Crippen LogP contribution in [0.3, 0.4) is 0 Å². The summed E-state index contributed by atoms with van der Waals surface area (Å²) in [6.07, 6.45) is 1.48. The highest BCUT2D eigenvalue weighted by atomic mass is 32.2. The van der Waals surface area contributed by atoms with Gasteiger partial charge in [0.25, 0.3) is 5.91 Å². The number of para-hydroxylation sites is 1. The standard InChI is InChI=1S/C27H21F4N3O5S/c1-37-19-10-14(11-20(38-2)25(19)39-3)9-18-26(36)34(15-7-5-4-6-8-15)27(32-18)40-13-21(35)33-24-22(30)16(28)12-17(29)23(24)31/h4-12H,13H2,1-3H3,(H,33,35)/b18-9+. The minimum absolute atomic E-state index is 0.00493. The van der Waals surface area contributed by atoms with Crippen LogP contribution >= 0.6 is 11.8 Å². The molecule has 13 heteroatoms. The second kappa shape index (κ2) is 12.1. The summed E-state index contributed by atoms with van der Waals surface area (Å²) < 4.78 is 71.0. The molecule has 8 nitrogen and oxygen atoms in total. The molecule has 0 bridgehead atoms. The highest BCUT2D eigenvalue weighted by molar-refractivity contribution is 8.14. The first-order chi connectivity index (χ1) is 19.2. The summed E-state index contributed by atoms with van der Waals surface area (Å²) in [5.74, 6) is -7.76. The second-order valence-corrected chi connectivity index (χ2v) is 8.98. The van der Waals surface area contributed by atoms with E-state index in [1.807, 2.05) is 5.32 Å². The lowest BCUT2D eigenvalue weighted by atomic mass is 10.1. The Labute approximate surface area is 230 Å². The average molecular weight is 576 g/mol. The van der Waals surface area contributed by atoms with Crippen molar-refractivity contribution in [3.8, 4) is 17.2 Å². The first kappa shape index (κ1) is 28.5. The van der Waals surface area contributed by atoms with Gasteiger partial charge in [0.05, 0.1) is 32.8 Å². The van der Waals surface area contributed by atoms with Gasteiger partial charge in [-0.1, -0.05) is 30.0 Å². The fraction of sp³-hybridized carbons (Fsp3) is 0.148. The van der Waals surface area contributed by atoms with Crippen molar-refractivity contribution in [3.05, 3.63) is 83.1 Å². The maximum Gasteiger partial charge on any atom is 0.283 e. The Morgan fingerprint density at radius 3 is 2.10 bits per heavy atom. The van der Waals surface area contributed by atoms with Crippen LogP contribution in [0, 0.1) is 23.3 Å². The lowest BCUT2D eigenvalue weighted by molar-refractivity contribution is -0.114. The van der Waals surface area contributed by atoms with Crippen LogP contribution in [-0.4, -0.2) is 44.1 Å². The first-order valence-electron chi connectivity index (χ1n) is 11.4. The molecule has 3 aromatic rings. The van der Waals surface area contributed by atoms with Crippen molar-refractivity contribution in [2.24, 2.45) is 4.99 Å². The third kappa shape index (κ3) is 5.73. The summed E-state index contributed by atoms with van der Waals surface area (Å²) in [4.78, 5) is 31.5. The van der Waals surface area contributed by atoms with Gasteiger partial charge in [0.2, 0.25) is 11.7 Å². The SMILES string of the molecule is COc1cc(/C=C2/N=C(SCC(=O)Nc3c(F)c(F)cc(F)c3F)N(c3ccccc3)C2=O)cc(OC)c1OC. The van der Waals surface area contributed by atoms with Gasteiger partial charge < -0.3 is 19.5 Å². The normalized spacial score (nSPS) is 13.9. The van der Waals surface area contributed by atoms with Crippen LogP contribution in [0.15, 0.2) is 59.2 Å². The van der Waals surface area contributed by atoms with Crippen LogP contribution < -0.4 is 24.4 Å². The summed E-state index contributed by atoms with van der Waals surface area (Å²) in [5, 5.41) is 1.91. The molecule has 1 aliphatic heterocycles. The molecule has 208 valence electrons. The van der Waals surface area contributed by atoms with Crippen molar-refractivity contribution >= 4 is 46.2 Å². The van der Waals surface area contributed by atoms with Crippen LogP contribution in [-0.2, 0) is 9.59 Å². The summed E-state index contributed by atoms with van der Waals surface area (Å²) >= 11 is 0.774. The zero-order valence-corrected chi connectivity index (χ0v) is 22.1. The number of ether oxygens (including phenoxy) is 3. The van der Waals surface area contributed by atoms with Gasteiger partial charge in [-0.3, -0.25) is 14.5 Å². The van der Waals surface area contributed by atoms with Gasteiger partial charge in [-0.2, -0.15) is 0 Å². The van der Waals surface area contributed by atoms with Crippen molar-refractivity contribution in [3.63, 3.8) is 0 Å². The molecule has 1 aliphatic rings. The highest BCUT2D eigenvalue weighted by Crippen LogP contribution is 2.39. The van der Waals surface area contributed by atoms with Crippen LogP contribution in [0.5, 0.6) is 17.2 Å². The number of anilines is 2. The predicted octanol–water partition coefficient (Wildman–Crippen LogP) is 5.38. The number of carbonyl (C=O) groups excluding carboxylic acids is 2. The van der Waals surface area contributed by atoms with E-state index < -0.39 is 46.5 Å². The molecule has 0 saturated heterocycles. The van der Waals surface area contributed by atoms with E-state index >= 15 is 0 Å². The molecule has 0 radical (unpaired) electrons. The van der Waals surface area contributed by atoms with E-state index in [-0.39, 0.29) is 16.9 Å². The number of nitrogens with zero attached hydrogens (tertiary/aromatic N) is 2. The molecular weight excluding hydrogens is 554 g/mol. The van der Waals surface area contributed by atoms with Gasteiger partial charge in [0, 0.05) is 6.07 Å². The minimum atomic E-state index is -1.74. The Bertz CT molecular complexity index is 1480. The fourth-order valence-electron chi connectivity index (χ4n) is 3.73. The minimum Gasteiger partial charge on any atom is -0.493 e. The largest absolute Gasteiger partial charge is 0.493 e. The number of amides is 2. The van der Waals surface area contributed by atoms with E-state index in [0.717, 1.165) is 11.8 Å². The van der Waals surface area contributed by atoms with E-state index in [0.29, 0.717) is 28.5 Å². The number of nitrogens with one attached hydrogen (secondary N) is 1. The molecule has 1 N–H and O–H groups in total. The molecule has 0 atom stereocenters. The number of aliphatic imine (C=N–C) groups is 1. The summed E-state index contributed by atoms with van der Waals surface area (Å²) in [7, 11) is 4.34. The Kier molecular flexibility index (Phi) is 8.63. The number of amidine groups is 1. The Morgan fingerprint density at radius 2 is 1.55 bits per heavy atom. The number of methoxy groups -OCH3 is 3. The van der Waals surface area contributed by atoms with Gasteiger partial charge in [0.1, 0.15) is 11.4 Å². The molecule has 0 saturated carbocycles. The molecule has 1 heterocycles. The number of hydrogen-bond acceptors (Lipinski definition) is 7. The summed E-state index contributed by atoms with van der Waals surface area (Å²) in [5.41, 5.74) is -0.310. The number of benzene rings is 3. The molecule has 3 aromatic carbocycles. The van der Waals surface area contributed by atoms with Gasteiger partial charge in [-0.15, -0.1) is 0 Å². The lowest BCUT2D eigenvalue weighted by Gasteiger charge is -2.17. The Morgan fingerprint density at radius 1 is 0.950 bits per heavy atom. The van der Waals surface area contributed by atoms with Crippen LogP contribution in [0.25, 0.3) is 6.08 Å². The zero-order valence-electron chi connectivity index (χ0n) is 21.3. The number of rotatable bonds is 8. The summed E-state index contributed by atoms with van der Waals surface area (Å²) in [6, 6.07) is 11.7. The third-order valence-corrected chi connectivity index (χ3v) is 6.48. The van der Waals surface area contributed by atoms with Crippen LogP contribution in [0.2, 0.25) is 0 Å². The molecule has 0 spiro atoms. The van der Waals surface area contributed by atoms with E-state index in [4.69, 9.17) is 14.2 Å². The van der Waals surface area contributed by atoms with Crippen molar-refractivity contribution in [1.82, 2.24) is 0 Å². The number of thioether (sulfide) groups is 1. The van der Waals surface area contributed by atoms with Crippen molar-refractivity contribution in [2.75, 3.05) is 37.3 Å². The van der Waals surface area contributed by atoms with Crippen LogP contribution in [0.4, 0.5) is 28.9 Å². The van der Waals surface area contributed by atoms with Crippen molar-refractivity contribution < 1.29 is 41.4 Å². The molecule has 0 fully saturated rings. The number of hydrogen-bond donors (Lipinski definition) is 1. The van der Waals surface area contributed by atoms with Crippen molar-refractivity contribution in [1.29, 1.82) is 0 Å². The smallest absolute Gasteiger partial charge is 0.283 e. The fourth-order valence-corrected chi connectivity index (χ4v) is 4.54. The number of halogens is 4. The maximum absolute atomic E-state index is 14.0. The molecule has 0 unspecified atom stereocenters. The first-order valence-corrected chi connectivity index (χ1v) is 12.4. The van der Waals surface area contributed by atoms with Gasteiger partial charge in [-0.25, -0.2) is 22.6 Å². The van der Waals surface area contributed by atoms with Gasteiger partial charge >= 0.3 is 0 Å². The Hall–Kier alpha value is -4.52. The molecule has 2 amide bonds. The highest BCUT2D eigenvalue weighted by Gasteiger charge is 2.33. The average Bonchev–Trinajstić information content (AvgIpc) is 3.27. The molecule has 4 rings (SSSR count). The zero-order chi connectivity index (χ0) is 29.0. The van der Waals surface area contributed by atoms with Gasteiger partial charge in [0.15, 0.2) is 39.9 Å². The Balaban J connectivity index is 1.64. The van der Waals surface area contributed by atoms with E-state index in [1.165, 1.54) is 32.3 Å². The third-order valence-electron chi connectivity index (χ3n) is 5.54. The van der Waals surface area contributed by atoms with E-state index in [1.54, 1.807) is 42.5 Å². The van der Waals surface area contributed by atoms with Crippen LogP contribution in [0.1, 0.15) is 5.56 Å². The van der Waals surface area contributed by atoms with Gasteiger partial charge in [-0.05, 0) is 35.9 Å². The molecule has 40 heavy (non-hydrogen) atoms. The summed E-state index contributed by atoms with van der Waals surface area (Å²) in [6.45, 7) is 0. The second-order valence-electron chi connectivity index (χ2n) is 8.04. The van der Waals surface area contributed by atoms with E-state index in [9.17, 15) is 27.2 Å². The lowest BCUT2D eigenvalue weighted by Crippen LogP contribution is -2.31. The topological polar surface area (TPSA) is 89.5 Å². The molecule has 0 aromatic heterocycles. The molecular formula is C27H21F4N3O5S.